The Bertz CT molecular complexity index is 794. The van der Waals surface area contributed by atoms with Crippen molar-refractivity contribution in [1.29, 1.82) is 5.26 Å². The minimum absolute atomic E-state index is 0.0905. The number of carbonyl (C=O) groups excluding carboxylic acids is 1. The first-order valence-electron chi connectivity index (χ1n) is 8.55. The van der Waals surface area contributed by atoms with Gasteiger partial charge in [-0.25, -0.2) is 9.37 Å². The summed E-state index contributed by atoms with van der Waals surface area (Å²) >= 11 is 0. The summed E-state index contributed by atoms with van der Waals surface area (Å²) in [4.78, 5) is 20.5. The van der Waals surface area contributed by atoms with Crippen LogP contribution in [0, 0.1) is 17.1 Å². The van der Waals surface area contributed by atoms with Crippen LogP contribution in [0.2, 0.25) is 0 Å². The molecule has 26 heavy (non-hydrogen) atoms. The molecule has 0 spiro atoms. The van der Waals surface area contributed by atoms with E-state index in [2.05, 4.69) is 15.2 Å². The predicted octanol–water partition coefficient (Wildman–Crippen LogP) is 2.24. The highest BCUT2D eigenvalue weighted by molar-refractivity contribution is 5.77. The molecular formula is C19H20FN5O. The Hall–Kier alpha value is -3.14. The van der Waals surface area contributed by atoms with E-state index in [1.54, 1.807) is 30.3 Å². The third-order valence-electron chi connectivity index (χ3n) is 4.33. The van der Waals surface area contributed by atoms with E-state index in [1.165, 1.54) is 12.1 Å². The van der Waals surface area contributed by atoms with Crippen LogP contribution in [0.1, 0.15) is 12.1 Å². The van der Waals surface area contributed by atoms with E-state index >= 15 is 0 Å². The van der Waals surface area contributed by atoms with Gasteiger partial charge in [0, 0.05) is 44.8 Å². The van der Waals surface area contributed by atoms with Gasteiger partial charge in [-0.2, -0.15) is 5.26 Å². The third kappa shape index (κ3) is 4.48. The van der Waals surface area contributed by atoms with Crippen LogP contribution < -0.4 is 10.2 Å². The summed E-state index contributed by atoms with van der Waals surface area (Å²) in [5, 5.41) is 11.9. The number of halogens is 1. The van der Waals surface area contributed by atoms with Gasteiger partial charge in [-0.1, -0.05) is 6.07 Å². The molecule has 0 atom stereocenters. The fraction of sp³-hybridized carbons (Fsp3) is 0.316. The molecule has 134 valence electrons. The number of benzene rings is 1. The first-order valence-corrected chi connectivity index (χ1v) is 8.55. The molecule has 1 aromatic carbocycles. The Labute approximate surface area is 151 Å². The standard InChI is InChI=1S/C19H20FN5O/c20-15-4-6-17(7-5-15)24-10-12-25(13-11-24)19(26)8-9-22-18-3-1-2-16(14-21)23-18/h1-7H,8-13H2,(H,22,23). The number of nitriles is 1. The van der Waals surface area contributed by atoms with Gasteiger partial charge in [-0.15, -0.1) is 0 Å². The monoisotopic (exact) mass is 353 g/mol. The van der Waals surface area contributed by atoms with Crippen LogP contribution in [0.25, 0.3) is 0 Å². The second-order valence-electron chi connectivity index (χ2n) is 6.04. The maximum atomic E-state index is 13.0. The second kappa shape index (κ2) is 8.30. The lowest BCUT2D eigenvalue weighted by Crippen LogP contribution is -2.49. The van der Waals surface area contributed by atoms with Crippen molar-refractivity contribution in [2.45, 2.75) is 6.42 Å². The molecule has 1 saturated heterocycles. The largest absolute Gasteiger partial charge is 0.370 e. The number of carbonyl (C=O) groups is 1. The lowest BCUT2D eigenvalue weighted by Gasteiger charge is -2.36. The molecule has 1 N–H and O–H groups in total. The van der Waals surface area contributed by atoms with Gasteiger partial charge in [0.25, 0.3) is 0 Å². The minimum atomic E-state index is -0.245. The highest BCUT2D eigenvalue weighted by Gasteiger charge is 2.20. The normalized spacial score (nSPS) is 14.0. The first kappa shape index (κ1) is 17.7. The summed E-state index contributed by atoms with van der Waals surface area (Å²) in [6, 6.07) is 13.6. The number of hydrogen-bond donors (Lipinski definition) is 1. The lowest BCUT2D eigenvalue weighted by molar-refractivity contribution is -0.131. The van der Waals surface area contributed by atoms with Crippen LogP contribution in [-0.4, -0.2) is 48.5 Å². The summed E-state index contributed by atoms with van der Waals surface area (Å²) in [6.45, 7) is 3.24. The van der Waals surface area contributed by atoms with Gasteiger partial charge in [0.1, 0.15) is 23.4 Å². The highest BCUT2D eigenvalue weighted by Crippen LogP contribution is 2.17. The molecule has 1 fully saturated rings. The molecule has 0 saturated carbocycles. The van der Waals surface area contributed by atoms with Crippen LogP contribution >= 0.6 is 0 Å². The molecule has 0 aliphatic carbocycles. The van der Waals surface area contributed by atoms with E-state index in [9.17, 15) is 9.18 Å². The van der Waals surface area contributed by atoms with Crippen molar-refractivity contribution in [2.75, 3.05) is 42.9 Å². The summed E-state index contributed by atoms with van der Waals surface area (Å²) in [6.07, 6.45) is 0.370. The average Bonchev–Trinajstić information content (AvgIpc) is 2.69. The molecule has 1 aromatic heterocycles. The molecule has 1 aliphatic heterocycles. The summed E-state index contributed by atoms with van der Waals surface area (Å²) in [5.74, 6) is 0.440. The maximum absolute atomic E-state index is 13.0. The Morgan fingerprint density at radius 1 is 1.15 bits per heavy atom. The van der Waals surface area contributed by atoms with Gasteiger partial charge < -0.3 is 15.1 Å². The topological polar surface area (TPSA) is 72.3 Å². The average molecular weight is 353 g/mol. The smallest absolute Gasteiger partial charge is 0.224 e. The van der Waals surface area contributed by atoms with E-state index in [0.717, 1.165) is 18.8 Å². The van der Waals surface area contributed by atoms with Crippen molar-refractivity contribution in [3.05, 3.63) is 54.0 Å². The summed E-state index contributed by atoms with van der Waals surface area (Å²) in [5.41, 5.74) is 1.32. The molecule has 1 aliphatic rings. The van der Waals surface area contributed by atoms with Crippen molar-refractivity contribution < 1.29 is 9.18 Å². The van der Waals surface area contributed by atoms with Crippen molar-refractivity contribution >= 4 is 17.4 Å². The SMILES string of the molecule is N#Cc1cccc(NCCC(=O)N2CCN(c3ccc(F)cc3)CC2)n1. The van der Waals surface area contributed by atoms with Gasteiger partial charge in [0.05, 0.1) is 0 Å². The van der Waals surface area contributed by atoms with Gasteiger partial charge in [-0.05, 0) is 36.4 Å². The quantitative estimate of drug-likeness (QED) is 0.893. The van der Waals surface area contributed by atoms with E-state index in [0.29, 0.717) is 37.6 Å². The molecule has 7 heteroatoms. The Kier molecular flexibility index (Phi) is 5.64. The van der Waals surface area contributed by atoms with Gasteiger partial charge in [0.15, 0.2) is 0 Å². The number of nitrogens with zero attached hydrogens (tertiary/aromatic N) is 4. The third-order valence-corrected chi connectivity index (χ3v) is 4.33. The molecule has 6 nitrogen and oxygen atoms in total. The van der Waals surface area contributed by atoms with Crippen LogP contribution in [0.15, 0.2) is 42.5 Å². The molecule has 1 amide bonds. The van der Waals surface area contributed by atoms with Crippen molar-refractivity contribution in [3.8, 4) is 6.07 Å². The second-order valence-corrected chi connectivity index (χ2v) is 6.04. The van der Waals surface area contributed by atoms with Crippen molar-refractivity contribution in [2.24, 2.45) is 0 Å². The zero-order chi connectivity index (χ0) is 18.4. The van der Waals surface area contributed by atoms with Crippen molar-refractivity contribution in [3.63, 3.8) is 0 Å². The Balaban J connectivity index is 1.43. The zero-order valence-electron chi connectivity index (χ0n) is 14.4. The van der Waals surface area contributed by atoms with Crippen LogP contribution in [0.3, 0.4) is 0 Å². The number of nitrogens with one attached hydrogen (secondary N) is 1. The maximum Gasteiger partial charge on any atom is 0.224 e. The Morgan fingerprint density at radius 2 is 1.88 bits per heavy atom. The van der Waals surface area contributed by atoms with E-state index in [4.69, 9.17) is 5.26 Å². The van der Waals surface area contributed by atoms with Crippen molar-refractivity contribution in [1.82, 2.24) is 9.88 Å². The van der Waals surface area contributed by atoms with E-state index in [1.807, 2.05) is 11.0 Å². The lowest BCUT2D eigenvalue weighted by atomic mass is 10.2. The summed E-state index contributed by atoms with van der Waals surface area (Å²) < 4.78 is 13.0. The van der Waals surface area contributed by atoms with Gasteiger partial charge in [-0.3, -0.25) is 4.79 Å². The number of anilines is 2. The van der Waals surface area contributed by atoms with Gasteiger partial charge >= 0.3 is 0 Å². The fourth-order valence-corrected chi connectivity index (χ4v) is 2.92. The van der Waals surface area contributed by atoms with E-state index in [-0.39, 0.29) is 11.7 Å². The first-order chi connectivity index (χ1) is 12.7. The molecule has 0 unspecified atom stereocenters. The highest BCUT2D eigenvalue weighted by atomic mass is 19.1. The zero-order valence-corrected chi connectivity index (χ0v) is 14.4. The molecule has 3 rings (SSSR count). The molecule has 0 bridgehead atoms. The molecule has 2 heterocycles. The predicted molar refractivity (Wildman–Crippen MR) is 97.3 cm³/mol. The van der Waals surface area contributed by atoms with Gasteiger partial charge in [0.2, 0.25) is 5.91 Å². The summed E-state index contributed by atoms with van der Waals surface area (Å²) in [7, 11) is 0. The molecule has 0 radical (unpaired) electrons. The van der Waals surface area contributed by atoms with Crippen LogP contribution in [0.4, 0.5) is 15.9 Å². The molecule has 2 aromatic rings. The van der Waals surface area contributed by atoms with Crippen LogP contribution in [-0.2, 0) is 4.79 Å². The van der Waals surface area contributed by atoms with E-state index < -0.39 is 0 Å². The number of rotatable bonds is 5. The fourth-order valence-electron chi connectivity index (χ4n) is 2.92. The number of pyridine rings is 1. The number of aromatic nitrogens is 1. The van der Waals surface area contributed by atoms with Crippen LogP contribution in [0.5, 0.6) is 0 Å². The number of hydrogen-bond acceptors (Lipinski definition) is 5. The molecular weight excluding hydrogens is 333 g/mol. The Morgan fingerprint density at radius 3 is 2.58 bits per heavy atom. The minimum Gasteiger partial charge on any atom is -0.370 e. The number of amides is 1. The number of piperazine rings is 1.